The molecule has 0 aliphatic carbocycles. The van der Waals surface area contributed by atoms with Crippen LogP contribution in [-0.4, -0.2) is 47.0 Å². The summed E-state index contributed by atoms with van der Waals surface area (Å²) < 4.78 is 0. The molecule has 2 aromatic carbocycles. The van der Waals surface area contributed by atoms with Crippen molar-refractivity contribution in [3.05, 3.63) is 47.5 Å². The minimum atomic E-state index is 0.144. The molecule has 5 nitrogen and oxygen atoms in total. The number of imidazole rings is 1. The molecule has 0 radical (unpaired) electrons. The summed E-state index contributed by atoms with van der Waals surface area (Å²) in [7, 11) is 0. The SMILES string of the molecule is CC(=O)N1CCCN(c2ccc(Cl)c(-c3nc4ccccc4[nH]3)c2)CC1. The number of carbonyl (C=O) groups excluding carboxylic acids is 1. The van der Waals surface area contributed by atoms with Crippen molar-refractivity contribution in [1.29, 1.82) is 0 Å². The van der Waals surface area contributed by atoms with Crippen molar-refractivity contribution in [1.82, 2.24) is 14.9 Å². The lowest BCUT2D eigenvalue weighted by Gasteiger charge is -2.24. The van der Waals surface area contributed by atoms with E-state index < -0.39 is 0 Å². The van der Waals surface area contributed by atoms with Crippen LogP contribution in [0.15, 0.2) is 42.5 Å². The zero-order chi connectivity index (χ0) is 18.1. The van der Waals surface area contributed by atoms with E-state index in [4.69, 9.17) is 11.6 Å². The second kappa shape index (κ2) is 7.00. The van der Waals surface area contributed by atoms with Gasteiger partial charge in [0.05, 0.1) is 16.1 Å². The number of nitrogens with one attached hydrogen (secondary N) is 1. The van der Waals surface area contributed by atoms with Gasteiger partial charge in [0.15, 0.2) is 0 Å². The lowest BCUT2D eigenvalue weighted by molar-refractivity contribution is -0.128. The van der Waals surface area contributed by atoms with Crippen molar-refractivity contribution in [3.63, 3.8) is 0 Å². The Morgan fingerprint density at radius 2 is 1.96 bits per heavy atom. The highest BCUT2D eigenvalue weighted by molar-refractivity contribution is 6.33. The van der Waals surface area contributed by atoms with Crippen LogP contribution in [0.3, 0.4) is 0 Å². The highest BCUT2D eigenvalue weighted by atomic mass is 35.5. The number of aromatic nitrogens is 2. The zero-order valence-electron chi connectivity index (χ0n) is 14.7. The zero-order valence-corrected chi connectivity index (χ0v) is 15.5. The van der Waals surface area contributed by atoms with E-state index >= 15 is 0 Å². The summed E-state index contributed by atoms with van der Waals surface area (Å²) in [5.74, 6) is 0.921. The Hall–Kier alpha value is -2.53. The maximum absolute atomic E-state index is 11.6. The lowest BCUT2D eigenvalue weighted by atomic mass is 10.1. The van der Waals surface area contributed by atoms with E-state index in [9.17, 15) is 4.79 Å². The number of H-pyrrole nitrogens is 1. The fourth-order valence-electron chi connectivity index (χ4n) is 3.46. The highest BCUT2D eigenvalue weighted by Crippen LogP contribution is 2.32. The van der Waals surface area contributed by atoms with Crippen LogP contribution in [0.5, 0.6) is 0 Å². The van der Waals surface area contributed by atoms with Crippen LogP contribution in [0.2, 0.25) is 5.02 Å². The summed E-state index contributed by atoms with van der Waals surface area (Å²) in [6.45, 7) is 4.94. The Labute approximate surface area is 157 Å². The van der Waals surface area contributed by atoms with Gasteiger partial charge in [-0.25, -0.2) is 4.98 Å². The summed E-state index contributed by atoms with van der Waals surface area (Å²) in [6, 6.07) is 14.0. The molecular formula is C20H21ClN4O. The molecule has 0 bridgehead atoms. The maximum atomic E-state index is 11.6. The Bertz CT molecular complexity index is 919. The summed E-state index contributed by atoms with van der Waals surface area (Å²) in [5.41, 5.74) is 3.93. The molecule has 6 heteroatoms. The number of fused-ring (bicyclic) bond motifs is 1. The molecular weight excluding hydrogens is 348 g/mol. The van der Waals surface area contributed by atoms with Crippen molar-refractivity contribution >= 4 is 34.2 Å². The smallest absolute Gasteiger partial charge is 0.219 e. The number of amides is 1. The van der Waals surface area contributed by atoms with E-state index in [2.05, 4.69) is 20.9 Å². The lowest BCUT2D eigenvalue weighted by Crippen LogP contribution is -2.33. The van der Waals surface area contributed by atoms with Gasteiger partial charge in [0.1, 0.15) is 5.82 Å². The first-order valence-electron chi connectivity index (χ1n) is 8.87. The van der Waals surface area contributed by atoms with Gasteiger partial charge in [0.25, 0.3) is 0 Å². The highest BCUT2D eigenvalue weighted by Gasteiger charge is 2.18. The fourth-order valence-corrected chi connectivity index (χ4v) is 3.67. The maximum Gasteiger partial charge on any atom is 0.219 e. The van der Waals surface area contributed by atoms with Crippen LogP contribution in [0, 0.1) is 0 Å². The molecule has 0 unspecified atom stereocenters. The quantitative estimate of drug-likeness (QED) is 0.745. The van der Waals surface area contributed by atoms with Crippen LogP contribution in [-0.2, 0) is 4.79 Å². The first-order valence-corrected chi connectivity index (χ1v) is 9.25. The third-order valence-electron chi connectivity index (χ3n) is 4.90. The minimum absolute atomic E-state index is 0.144. The molecule has 0 saturated carbocycles. The molecule has 1 aliphatic rings. The molecule has 0 spiro atoms. The predicted molar refractivity (Wildman–Crippen MR) is 106 cm³/mol. The third kappa shape index (κ3) is 3.27. The fraction of sp³-hybridized carbons (Fsp3) is 0.300. The Kier molecular flexibility index (Phi) is 4.55. The number of carbonyl (C=O) groups is 1. The molecule has 26 heavy (non-hydrogen) atoms. The monoisotopic (exact) mass is 368 g/mol. The predicted octanol–water partition coefficient (Wildman–Crippen LogP) is 3.94. The van der Waals surface area contributed by atoms with Gasteiger partial charge in [-0.1, -0.05) is 23.7 Å². The van der Waals surface area contributed by atoms with Crippen LogP contribution in [0.1, 0.15) is 13.3 Å². The van der Waals surface area contributed by atoms with E-state index in [1.165, 1.54) is 0 Å². The van der Waals surface area contributed by atoms with Crippen LogP contribution in [0.4, 0.5) is 5.69 Å². The Balaban J connectivity index is 1.65. The number of halogens is 1. The molecule has 0 atom stereocenters. The van der Waals surface area contributed by atoms with Gasteiger partial charge in [-0.15, -0.1) is 0 Å². The molecule has 1 amide bonds. The van der Waals surface area contributed by atoms with Crippen LogP contribution < -0.4 is 4.90 Å². The van der Waals surface area contributed by atoms with Gasteiger partial charge < -0.3 is 14.8 Å². The van der Waals surface area contributed by atoms with Crippen LogP contribution in [0.25, 0.3) is 22.4 Å². The van der Waals surface area contributed by atoms with Gasteiger partial charge in [-0.2, -0.15) is 0 Å². The summed E-state index contributed by atoms with van der Waals surface area (Å²) in [6.07, 6.45) is 0.960. The third-order valence-corrected chi connectivity index (χ3v) is 5.23. The van der Waals surface area contributed by atoms with E-state index in [1.807, 2.05) is 41.3 Å². The molecule has 1 N–H and O–H groups in total. The standard InChI is InChI=1S/C20H21ClN4O/c1-14(26)24-9-4-10-25(12-11-24)15-7-8-17(21)16(13-15)20-22-18-5-2-3-6-19(18)23-20/h2-3,5-8,13H,4,9-12H2,1H3,(H,22,23). The molecule has 1 saturated heterocycles. The molecule has 3 aromatic rings. The van der Waals surface area contributed by atoms with Crippen molar-refractivity contribution in [2.24, 2.45) is 0 Å². The van der Waals surface area contributed by atoms with Crippen molar-refractivity contribution < 1.29 is 4.79 Å². The average Bonchev–Trinajstić information content (AvgIpc) is 2.90. The second-order valence-electron chi connectivity index (χ2n) is 6.61. The topological polar surface area (TPSA) is 52.2 Å². The van der Waals surface area contributed by atoms with Crippen molar-refractivity contribution in [3.8, 4) is 11.4 Å². The number of rotatable bonds is 2. The van der Waals surface area contributed by atoms with Gasteiger partial charge >= 0.3 is 0 Å². The van der Waals surface area contributed by atoms with Crippen LogP contribution >= 0.6 is 11.6 Å². The number of aromatic amines is 1. The molecule has 2 heterocycles. The second-order valence-corrected chi connectivity index (χ2v) is 7.02. The average molecular weight is 369 g/mol. The largest absolute Gasteiger partial charge is 0.370 e. The van der Waals surface area contributed by atoms with E-state index in [0.717, 1.165) is 60.7 Å². The van der Waals surface area contributed by atoms with Gasteiger partial charge in [-0.05, 0) is 36.8 Å². The van der Waals surface area contributed by atoms with Gasteiger partial charge in [0.2, 0.25) is 5.91 Å². The van der Waals surface area contributed by atoms with Gasteiger partial charge in [0, 0.05) is 44.4 Å². The van der Waals surface area contributed by atoms with E-state index in [1.54, 1.807) is 6.92 Å². The number of hydrogen-bond acceptors (Lipinski definition) is 3. The number of hydrogen-bond donors (Lipinski definition) is 1. The summed E-state index contributed by atoms with van der Waals surface area (Å²) in [4.78, 5) is 23.9. The van der Waals surface area contributed by atoms with Crippen molar-refractivity contribution in [2.75, 3.05) is 31.1 Å². The number of nitrogens with zero attached hydrogens (tertiary/aromatic N) is 3. The Morgan fingerprint density at radius 3 is 2.77 bits per heavy atom. The summed E-state index contributed by atoms with van der Waals surface area (Å²) in [5, 5.41) is 0.674. The number of para-hydroxylation sites is 2. The van der Waals surface area contributed by atoms with Gasteiger partial charge in [-0.3, -0.25) is 4.79 Å². The number of anilines is 1. The van der Waals surface area contributed by atoms with E-state index in [0.29, 0.717) is 5.02 Å². The number of benzene rings is 2. The first-order chi connectivity index (χ1) is 12.6. The molecule has 1 aliphatic heterocycles. The first kappa shape index (κ1) is 16.9. The van der Waals surface area contributed by atoms with Crippen molar-refractivity contribution in [2.45, 2.75) is 13.3 Å². The summed E-state index contributed by atoms with van der Waals surface area (Å²) >= 11 is 6.46. The molecule has 1 fully saturated rings. The molecule has 1 aromatic heterocycles. The molecule has 134 valence electrons. The molecule has 4 rings (SSSR count). The van der Waals surface area contributed by atoms with E-state index in [-0.39, 0.29) is 5.91 Å². The normalized spacial score (nSPS) is 15.3. The Morgan fingerprint density at radius 1 is 1.12 bits per heavy atom. The minimum Gasteiger partial charge on any atom is -0.370 e.